The Morgan fingerprint density at radius 3 is 1.22 bits per heavy atom. The average Bonchev–Trinajstić information content (AvgIpc) is 2.80. The van der Waals surface area contributed by atoms with Gasteiger partial charge in [-0.3, -0.25) is 4.79 Å². The van der Waals surface area contributed by atoms with Gasteiger partial charge in [0, 0.05) is 6.42 Å². The molecule has 0 saturated carbocycles. The molecule has 0 spiro atoms. The van der Waals surface area contributed by atoms with E-state index in [1.54, 1.807) is 0 Å². The molecule has 0 aliphatic carbocycles. The summed E-state index contributed by atoms with van der Waals surface area (Å²) < 4.78 is 0.606. The summed E-state index contributed by atoms with van der Waals surface area (Å²) in [5.74, 6) is -0.976. The summed E-state index contributed by atoms with van der Waals surface area (Å²) in [6.07, 6.45) is 26.9. The molecule has 3 N–H and O–H groups in total. The SMILES string of the molecule is CC(O)C(=O)O.CCCCCCCCCCCCCCCCCCCCCC(=O)N[N+](C)(C)CCC. The first-order valence-electron chi connectivity index (χ1n) is 15.2. The van der Waals surface area contributed by atoms with Gasteiger partial charge in [0.05, 0.1) is 14.1 Å². The Morgan fingerprint density at radius 2 is 0.944 bits per heavy atom. The number of aliphatic carboxylic acids is 1. The molecule has 1 unspecified atom stereocenters. The third kappa shape index (κ3) is 30.9. The van der Waals surface area contributed by atoms with Crippen LogP contribution in [0.4, 0.5) is 0 Å². The van der Waals surface area contributed by atoms with Crippen molar-refractivity contribution in [1.82, 2.24) is 5.43 Å². The van der Waals surface area contributed by atoms with Crippen LogP contribution >= 0.6 is 0 Å². The number of nitrogens with one attached hydrogen (secondary N) is 1. The van der Waals surface area contributed by atoms with Crippen molar-refractivity contribution < 1.29 is 24.4 Å². The van der Waals surface area contributed by atoms with Gasteiger partial charge in [0.2, 0.25) is 0 Å². The number of quaternary nitrogens is 1. The fourth-order valence-electron chi connectivity index (χ4n) is 4.37. The van der Waals surface area contributed by atoms with Gasteiger partial charge < -0.3 is 10.2 Å². The Bertz CT molecular complexity index is 495. The third-order valence-corrected chi connectivity index (χ3v) is 6.57. The number of carbonyl (C=O) groups is 2. The lowest BCUT2D eigenvalue weighted by Gasteiger charge is -2.28. The van der Waals surface area contributed by atoms with Gasteiger partial charge in [-0.05, 0) is 19.8 Å². The van der Waals surface area contributed by atoms with Crippen LogP contribution in [0.5, 0.6) is 0 Å². The minimum atomic E-state index is -1.23. The molecule has 0 aliphatic heterocycles. The summed E-state index contributed by atoms with van der Waals surface area (Å²) in [4.78, 5) is 21.4. The van der Waals surface area contributed by atoms with Crippen LogP contribution in [0.2, 0.25) is 0 Å². The van der Waals surface area contributed by atoms with Crippen molar-refractivity contribution in [3.8, 4) is 0 Å². The number of carboxylic acid groups (broad SMARTS) is 1. The molecular formula is C30H63N2O4+. The lowest BCUT2D eigenvalue weighted by molar-refractivity contribution is -0.925. The maximum absolute atomic E-state index is 12.0. The maximum Gasteiger partial charge on any atom is 0.332 e. The minimum Gasteiger partial charge on any atom is -0.479 e. The van der Waals surface area contributed by atoms with E-state index < -0.39 is 12.1 Å². The number of unbranched alkanes of at least 4 members (excludes halogenated alkanes) is 18. The molecule has 0 fully saturated rings. The number of amides is 1. The van der Waals surface area contributed by atoms with Gasteiger partial charge in [-0.2, -0.15) is 0 Å². The zero-order valence-electron chi connectivity index (χ0n) is 24.8. The quantitative estimate of drug-likeness (QED) is 0.0696. The highest BCUT2D eigenvalue weighted by Gasteiger charge is 2.16. The third-order valence-electron chi connectivity index (χ3n) is 6.57. The fraction of sp³-hybridized carbons (Fsp3) is 0.933. The van der Waals surface area contributed by atoms with Crippen molar-refractivity contribution in [2.24, 2.45) is 0 Å². The molecule has 6 nitrogen and oxygen atoms in total. The van der Waals surface area contributed by atoms with E-state index in [1.807, 2.05) is 0 Å². The number of hydrogen-bond acceptors (Lipinski definition) is 3. The summed E-state index contributed by atoms with van der Waals surface area (Å²) in [7, 11) is 4.13. The normalized spacial score (nSPS) is 12.1. The Balaban J connectivity index is 0. The molecule has 1 amide bonds. The van der Waals surface area contributed by atoms with Crippen LogP contribution in [0.25, 0.3) is 0 Å². The average molecular weight is 516 g/mol. The zero-order valence-corrected chi connectivity index (χ0v) is 24.8. The molecule has 216 valence electrons. The van der Waals surface area contributed by atoms with Gasteiger partial charge >= 0.3 is 5.97 Å². The van der Waals surface area contributed by atoms with Gasteiger partial charge in [0.25, 0.3) is 5.91 Å². The highest BCUT2D eigenvalue weighted by atomic mass is 16.4. The number of hydrogen-bond donors (Lipinski definition) is 3. The standard InChI is InChI=1S/C27H56N2O.C3H6O3/c1-5-7-8-9-10-11-12-13-14-15-16-17-18-19-20-21-22-23-24-25-27(30)28-29(3,4)26-6-2;1-2(4)3(5)6/h5-26H2,1-4H3;2,4H,1H3,(H,5,6)/p+1. The molecule has 1 atom stereocenters. The predicted molar refractivity (Wildman–Crippen MR) is 153 cm³/mol. The molecule has 36 heavy (non-hydrogen) atoms. The molecular weight excluding hydrogens is 452 g/mol. The highest BCUT2D eigenvalue weighted by molar-refractivity contribution is 5.74. The predicted octanol–water partition coefficient (Wildman–Crippen LogP) is 7.78. The topological polar surface area (TPSA) is 86.6 Å². The molecule has 0 aromatic carbocycles. The molecule has 0 rings (SSSR count). The van der Waals surface area contributed by atoms with Crippen molar-refractivity contribution in [2.75, 3.05) is 20.6 Å². The van der Waals surface area contributed by atoms with Gasteiger partial charge in [0.15, 0.2) is 0 Å². The maximum atomic E-state index is 12.0. The van der Waals surface area contributed by atoms with E-state index in [4.69, 9.17) is 10.2 Å². The van der Waals surface area contributed by atoms with Gasteiger partial charge in [-0.1, -0.05) is 129 Å². The zero-order chi connectivity index (χ0) is 27.5. The van der Waals surface area contributed by atoms with Crippen LogP contribution in [0, 0.1) is 0 Å². The number of aliphatic hydroxyl groups is 1. The smallest absolute Gasteiger partial charge is 0.332 e. The van der Waals surface area contributed by atoms with Gasteiger partial charge in [0.1, 0.15) is 12.6 Å². The second-order valence-corrected chi connectivity index (χ2v) is 11.1. The van der Waals surface area contributed by atoms with Gasteiger partial charge in [-0.15, -0.1) is 0 Å². The van der Waals surface area contributed by atoms with Crippen LogP contribution in [0.3, 0.4) is 0 Å². The van der Waals surface area contributed by atoms with Crippen molar-refractivity contribution in [3.63, 3.8) is 0 Å². The first kappa shape index (κ1) is 37.0. The number of carbonyl (C=O) groups excluding carboxylic acids is 1. The molecule has 0 aromatic rings. The summed E-state index contributed by atoms with van der Waals surface area (Å²) in [6, 6.07) is 0. The van der Waals surface area contributed by atoms with Crippen LogP contribution in [-0.4, -0.2) is 53.4 Å². The van der Waals surface area contributed by atoms with E-state index in [-0.39, 0.29) is 5.91 Å². The van der Waals surface area contributed by atoms with Crippen molar-refractivity contribution in [1.29, 1.82) is 0 Å². The monoisotopic (exact) mass is 515 g/mol. The van der Waals surface area contributed by atoms with Crippen molar-refractivity contribution in [3.05, 3.63) is 0 Å². The number of aliphatic hydroxyl groups excluding tert-OH is 1. The van der Waals surface area contributed by atoms with E-state index in [0.29, 0.717) is 11.0 Å². The molecule has 0 heterocycles. The molecule has 0 aliphatic rings. The molecule has 0 aromatic heterocycles. The van der Waals surface area contributed by atoms with Crippen LogP contribution in [0.15, 0.2) is 0 Å². The Labute approximate surface area is 224 Å². The van der Waals surface area contributed by atoms with E-state index in [0.717, 1.165) is 19.4 Å². The van der Waals surface area contributed by atoms with Crippen LogP contribution in [-0.2, 0) is 9.59 Å². The van der Waals surface area contributed by atoms with Crippen molar-refractivity contribution in [2.45, 2.75) is 162 Å². The number of nitrogens with zero attached hydrogens (tertiary/aromatic N) is 1. The second kappa shape index (κ2) is 26.9. The lowest BCUT2D eigenvalue weighted by atomic mass is 10.0. The van der Waals surface area contributed by atoms with E-state index in [2.05, 4.69) is 33.4 Å². The largest absolute Gasteiger partial charge is 0.479 e. The van der Waals surface area contributed by atoms with E-state index in [1.165, 1.54) is 122 Å². The minimum absolute atomic E-state index is 0.209. The van der Waals surface area contributed by atoms with Crippen LogP contribution < -0.4 is 5.43 Å². The first-order chi connectivity index (χ1) is 17.2. The number of rotatable bonds is 24. The molecule has 6 heteroatoms. The summed E-state index contributed by atoms with van der Waals surface area (Å²) in [5, 5.41) is 15.8. The Kier molecular flexibility index (Phi) is 27.7. The second-order valence-electron chi connectivity index (χ2n) is 11.1. The Hall–Kier alpha value is -1.14. The molecule has 0 bridgehead atoms. The fourth-order valence-corrected chi connectivity index (χ4v) is 4.37. The highest BCUT2D eigenvalue weighted by Crippen LogP contribution is 2.14. The summed E-state index contributed by atoms with van der Waals surface area (Å²) in [6.45, 7) is 6.64. The van der Waals surface area contributed by atoms with Crippen molar-refractivity contribution >= 4 is 11.9 Å². The van der Waals surface area contributed by atoms with E-state index >= 15 is 0 Å². The molecule has 0 radical (unpaired) electrons. The number of carboxylic acids is 1. The van der Waals surface area contributed by atoms with Gasteiger partial charge in [-0.25, -0.2) is 14.8 Å². The summed E-state index contributed by atoms with van der Waals surface area (Å²) >= 11 is 0. The lowest BCUT2D eigenvalue weighted by Crippen LogP contribution is -2.54. The van der Waals surface area contributed by atoms with E-state index in [9.17, 15) is 9.59 Å². The first-order valence-corrected chi connectivity index (χ1v) is 15.2. The molecule has 0 saturated heterocycles. The summed E-state index contributed by atoms with van der Waals surface area (Å²) in [5.41, 5.74) is 3.11. The van der Waals surface area contributed by atoms with Crippen LogP contribution in [0.1, 0.15) is 156 Å². The Morgan fingerprint density at radius 1 is 0.639 bits per heavy atom.